The molecule has 0 aliphatic heterocycles. The number of carbonyl (C=O) groups is 1. The van der Waals surface area contributed by atoms with Gasteiger partial charge in [-0.3, -0.25) is 4.79 Å². The molecular formula is C16H17N3OS. The number of benzene rings is 1. The van der Waals surface area contributed by atoms with Crippen molar-refractivity contribution in [3.05, 3.63) is 52.5 Å². The fraction of sp³-hybridized carbons (Fsp3) is 0.250. The van der Waals surface area contributed by atoms with Crippen molar-refractivity contribution in [2.75, 3.05) is 7.05 Å². The van der Waals surface area contributed by atoms with Gasteiger partial charge >= 0.3 is 0 Å². The Morgan fingerprint density at radius 3 is 3.05 bits per heavy atom. The molecule has 3 rings (SSSR count). The number of amides is 1. The number of hydrogen-bond acceptors (Lipinski definition) is 3. The fourth-order valence-corrected chi connectivity index (χ4v) is 3.04. The molecule has 21 heavy (non-hydrogen) atoms. The van der Waals surface area contributed by atoms with Crippen LogP contribution in [0, 0.1) is 0 Å². The highest BCUT2D eigenvalue weighted by Crippen LogP contribution is 2.16. The van der Waals surface area contributed by atoms with E-state index in [0.29, 0.717) is 5.56 Å². The summed E-state index contributed by atoms with van der Waals surface area (Å²) in [6.07, 6.45) is 2.51. The Morgan fingerprint density at radius 2 is 2.29 bits per heavy atom. The van der Waals surface area contributed by atoms with Gasteiger partial charge in [0.2, 0.25) is 0 Å². The Morgan fingerprint density at radius 1 is 1.43 bits per heavy atom. The number of carbonyl (C=O) groups excluding carboxylic acids is 1. The van der Waals surface area contributed by atoms with Crippen LogP contribution >= 0.6 is 11.3 Å². The van der Waals surface area contributed by atoms with Crippen molar-refractivity contribution in [3.63, 3.8) is 0 Å². The van der Waals surface area contributed by atoms with Crippen LogP contribution in [-0.4, -0.2) is 33.9 Å². The van der Waals surface area contributed by atoms with E-state index in [1.165, 1.54) is 5.56 Å². The second kappa shape index (κ2) is 5.69. The number of likely N-dealkylation sites (N-methyl/N-ethyl adjacent to an activating group) is 1. The van der Waals surface area contributed by atoms with Gasteiger partial charge in [0.15, 0.2) is 0 Å². The van der Waals surface area contributed by atoms with Crippen LogP contribution in [0.25, 0.3) is 11.0 Å². The molecule has 0 radical (unpaired) electrons. The Balaban J connectivity index is 1.76. The van der Waals surface area contributed by atoms with E-state index in [1.807, 2.05) is 25.2 Å². The van der Waals surface area contributed by atoms with Crippen LogP contribution in [-0.2, 0) is 6.42 Å². The van der Waals surface area contributed by atoms with E-state index in [-0.39, 0.29) is 11.9 Å². The molecule has 5 heteroatoms. The summed E-state index contributed by atoms with van der Waals surface area (Å²) in [6, 6.07) is 7.83. The molecule has 0 saturated heterocycles. The minimum atomic E-state index is 0.0363. The maximum absolute atomic E-state index is 12.6. The van der Waals surface area contributed by atoms with Gasteiger partial charge in [-0.2, -0.15) is 11.3 Å². The minimum Gasteiger partial charge on any atom is -0.345 e. The molecule has 1 aromatic carbocycles. The number of H-pyrrole nitrogens is 1. The van der Waals surface area contributed by atoms with Gasteiger partial charge < -0.3 is 9.88 Å². The number of aromatic nitrogens is 2. The fourth-order valence-electron chi connectivity index (χ4n) is 2.36. The Labute approximate surface area is 127 Å². The SMILES string of the molecule is C[C@@H](Cc1ccsc1)N(C)C(=O)c1ccc2nc[nH]c2c1. The van der Waals surface area contributed by atoms with Crippen molar-refractivity contribution >= 4 is 28.3 Å². The highest BCUT2D eigenvalue weighted by atomic mass is 32.1. The summed E-state index contributed by atoms with van der Waals surface area (Å²) >= 11 is 1.69. The highest BCUT2D eigenvalue weighted by Gasteiger charge is 2.18. The van der Waals surface area contributed by atoms with Crippen LogP contribution in [0.4, 0.5) is 0 Å². The van der Waals surface area contributed by atoms with Crippen LogP contribution in [0.15, 0.2) is 41.4 Å². The number of hydrogen-bond donors (Lipinski definition) is 1. The zero-order valence-corrected chi connectivity index (χ0v) is 12.9. The van der Waals surface area contributed by atoms with Crippen LogP contribution in [0.3, 0.4) is 0 Å². The molecule has 2 heterocycles. The average molecular weight is 299 g/mol. The van der Waals surface area contributed by atoms with Crippen LogP contribution < -0.4 is 0 Å². The Kier molecular flexibility index (Phi) is 3.75. The van der Waals surface area contributed by atoms with Crippen molar-refractivity contribution in [2.24, 2.45) is 0 Å². The average Bonchev–Trinajstić information content (AvgIpc) is 3.15. The third kappa shape index (κ3) is 2.83. The van der Waals surface area contributed by atoms with Gasteiger partial charge in [0, 0.05) is 18.7 Å². The van der Waals surface area contributed by atoms with Gasteiger partial charge in [-0.25, -0.2) is 4.98 Å². The topological polar surface area (TPSA) is 49.0 Å². The largest absolute Gasteiger partial charge is 0.345 e. The maximum atomic E-state index is 12.6. The number of aromatic amines is 1. The van der Waals surface area contributed by atoms with Crippen molar-refractivity contribution in [3.8, 4) is 0 Å². The van der Waals surface area contributed by atoms with Gasteiger partial charge in [0.05, 0.1) is 17.4 Å². The summed E-state index contributed by atoms with van der Waals surface area (Å²) in [6.45, 7) is 2.07. The summed E-state index contributed by atoms with van der Waals surface area (Å²) in [5, 5.41) is 4.20. The summed E-state index contributed by atoms with van der Waals surface area (Å²) in [7, 11) is 1.86. The van der Waals surface area contributed by atoms with E-state index in [1.54, 1.807) is 22.6 Å². The van der Waals surface area contributed by atoms with Gasteiger partial charge in [0.25, 0.3) is 5.91 Å². The summed E-state index contributed by atoms with van der Waals surface area (Å²) in [5.74, 6) is 0.0363. The molecule has 2 aromatic heterocycles. The van der Waals surface area contributed by atoms with E-state index in [4.69, 9.17) is 0 Å². The lowest BCUT2D eigenvalue weighted by atomic mass is 10.1. The number of fused-ring (bicyclic) bond motifs is 1. The third-order valence-corrected chi connectivity index (χ3v) is 4.49. The first-order chi connectivity index (χ1) is 10.1. The predicted octanol–water partition coefficient (Wildman–Crippen LogP) is 3.33. The number of imidazole rings is 1. The third-order valence-electron chi connectivity index (χ3n) is 3.76. The monoisotopic (exact) mass is 299 g/mol. The van der Waals surface area contributed by atoms with E-state index in [9.17, 15) is 4.79 Å². The lowest BCUT2D eigenvalue weighted by molar-refractivity contribution is 0.0743. The molecule has 0 aliphatic rings. The Hall–Kier alpha value is -2.14. The van der Waals surface area contributed by atoms with Crippen molar-refractivity contribution in [2.45, 2.75) is 19.4 Å². The lowest BCUT2D eigenvalue weighted by Gasteiger charge is -2.25. The summed E-state index contributed by atoms with van der Waals surface area (Å²) in [4.78, 5) is 21.6. The zero-order chi connectivity index (χ0) is 14.8. The molecule has 1 N–H and O–H groups in total. The van der Waals surface area contributed by atoms with Crippen LogP contribution in [0.1, 0.15) is 22.8 Å². The smallest absolute Gasteiger partial charge is 0.253 e. The number of thiophene rings is 1. The van der Waals surface area contributed by atoms with E-state index >= 15 is 0 Å². The van der Waals surface area contributed by atoms with Crippen molar-refractivity contribution in [1.29, 1.82) is 0 Å². The molecule has 108 valence electrons. The van der Waals surface area contributed by atoms with Gasteiger partial charge in [0.1, 0.15) is 0 Å². The molecule has 4 nitrogen and oxygen atoms in total. The molecule has 1 atom stereocenters. The first-order valence-electron chi connectivity index (χ1n) is 6.86. The van der Waals surface area contributed by atoms with Crippen molar-refractivity contribution < 1.29 is 4.79 Å². The maximum Gasteiger partial charge on any atom is 0.253 e. The number of nitrogens with one attached hydrogen (secondary N) is 1. The van der Waals surface area contributed by atoms with Gasteiger partial charge in [-0.05, 0) is 53.9 Å². The van der Waals surface area contributed by atoms with Crippen LogP contribution in [0.2, 0.25) is 0 Å². The quantitative estimate of drug-likeness (QED) is 0.803. The first-order valence-corrected chi connectivity index (χ1v) is 7.81. The minimum absolute atomic E-state index is 0.0363. The second-order valence-electron chi connectivity index (χ2n) is 5.24. The van der Waals surface area contributed by atoms with Gasteiger partial charge in [-0.1, -0.05) is 0 Å². The Bertz CT molecular complexity index is 748. The number of rotatable bonds is 4. The zero-order valence-electron chi connectivity index (χ0n) is 12.0. The molecule has 0 aliphatic carbocycles. The second-order valence-corrected chi connectivity index (χ2v) is 6.02. The van der Waals surface area contributed by atoms with E-state index in [0.717, 1.165) is 17.5 Å². The van der Waals surface area contributed by atoms with Crippen LogP contribution in [0.5, 0.6) is 0 Å². The summed E-state index contributed by atoms with van der Waals surface area (Å²) in [5.41, 5.74) is 3.72. The van der Waals surface area contributed by atoms with Gasteiger partial charge in [-0.15, -0.1) is 0 Å². The van der Waals surface area contributed by atoms with E-state index < -0.39 is 0 Å². The molecule has 1 amide bonds. The lowest BCUT2D eigenvalue weighted by Crippen LogP contribution is -2.36. The first kappa shape index (κ1) is 13.8. The highest BCUT2D eigenvalue weighted by molar-refractivity contribution is 7.07. The van der Waals surface area contributed by atoms with Crippen molar-refractivity contribution in [1.82, 2.24) is 14.9 Å². The molecule has 0 saturated carbocycles. The molecular weight excluding hydrogens is 282 g/mol. The molecule has 0 spiro atoms. The summed E-state index contributed by atoms with van der Waals surface area (Å²) < 4.78 is 0. The molecule has 0 unspecified atom stereocenters. The number of nitrogens with zero attached hydrogens (tertiary/aromatic N) is 2. The molecule has 0 bridgehead atoms. The van der Waals surface area contributed by atoms with E-state index in [2.05, 4.69) is 33.7 Å². The predicted molar refractivity (Wildman–Crippen MR) is 85.7 cm³/mol. The standard InChI is InChI=1S/C16H17N3OS/c1-11(7-12-5-6-21-9-12)19(2)16(20)13-3-4-14-15(8-13)18-10-17-14/h3-6,8-11H,7H2,1-2H3,(H,17,18)/t11-/m0/s1. The molecule has 3 aromatic rings. The normalized spacial score (nSPS) is 12.5. The molecule has 0 fully saturated rings.